The minimum absolute atomic E-state index is 0.00311. The topological polar surface area (TPSA) is 81.0 Å². The van der Waals surface area contributed by atoms with Crippen molar-refractivity contribution in [2.75, 3.05) is 18.0 Å². The van der Waals surface area contributed by atoms with E-state index in [0.29, 0.717) is 23.9 Å². The fraction of sp³-hybridized carbons (Fsp3) is 0.438. The summed E-state index contributed by atoms with van der Waals surface area (Å²) < 4.78 is 1.52. The monoisotopic (exact) mass is 313 g/mol. The average Bonchev–Trinajstić information content (AvgIpc) is 2.58. The number of Topliss-reactive ketones (excluding diaryl/α,β-unsaturated/α-hetero) is 1. The lowest BCUT2D eigenvalue weighted by Gasteiger charge is -2.33. The Bertz CT molecular complexity index is 772. The number of hydrogen-bond donors (Lipinski definition) is 0. The van der Waals surface area contributed by atoms with Gasteiger partial charge in [-0.05, 0) is 25.8 Å². The summed E-state index contributed by atoms with van der Waals surface area (Å²) in [4.78, 5) is 38.6. The van der Waals surface area contributed by atoms with Gasteiger partial charge in [0.05, 0.1) is 11.4 Å². The van der Waals surface area contributed by atoms with E-state index in [1.165, 1.54) is 17.0 Å². The normalized spacial score (nSPS) is 18.0. The predicted octanol–water partition coefficient (Wildman–Crippen LogP) is 1.04. The van der Waals surface area contributed by atoms with Crippen molar-refractivity contribution in [2.24, 2.45) is 13.0 Å². The standard InChI is InChI=1S/C16H19N5O2/c1-11(22)12-4-3-7-21(9-12)16-19-14(8-15(23)20(16)2)13-5-6-17-10-18-13/h5-6,8,10,12H,3-4,7,9H2,1-2H3. The van der Waals surface area contributed by atoms with Crippen molar-refractivity contribution in [1.29, 1.82) is 0 Å². The lowest BCUT2D eigenvalue weighted by molar-refractivity contribution is -0.120. The summed E-state index contributed by atoms with van der Waals surface area (Å²) in [5, 5.41) is 0. The molecule has 3 heterocycles. The highest BCUT2D eigenvalue weighted by Crippen LogP contribution is 2.23. The van der Waals surface area contributed by atoms with Gasteiger partial charge >= 0.3 is 0 Å². The average molecular weight is 313 g/mol. The first-order valence-electron chi connectivity index (χ1n) is 7.66. The third-order valence-corrected chi connectivity index (χ3v) is 4.23. The van der Waals surface area contributed by atoms with Gasteiger partial charge in [-0.1, -0.05) is 0 Å². The van der Waals surface area contributed by atoms with E-state index in [4.69, 9.17) is 0 Å². The van der Waals surface area contributed by atoms with Crippen LogP contribution >= 0.6 is 0 Å². The number of carbonyl (C=O) groups excluding carboxylic acids is 1. The number of piperidine rings is 1. The van der Waals surface area contributed by atoms with E-state index in [-0.39, 0.29) is 17.3 Å². The van der Waals surface area contributed by atoms with Crippen LogP contribution in [0.1, 0.15) is 19.8 Å². The van der Waals surface area contributed by atoms with Gasteiger partial charge in [0.15, 0.2) is 0 Å². The lowest BCUT2D eigenvalue weighted by atomic mass is 9.95. The number of nitrogens with zero attached hydrogens (tertiary/aromatic N) is 5. The largest absolute Gasteiger partial charge is 0.341 e. The molecule has 1 aliphatic heterocycles. The number of rotatable bonds is 3. The van der Waals surface area contributed by atoms with Crippen LogP contribution in [0.15, 0.2) is 29.5 Å². The van der Waals surface area contributed by atoms with Gasteiger partial charge in [0.25, 0.3) is 5.56 Å². The second-order valence-corrected chi connectivity index (χ2v) is 5.83. The Morgan fingerprint density at radius 2 is 2.17 bits per heavy atom. The van der Waals surface area contributed by atoms with Crippen LogP contribution in [0.4, 0.5) is 5.95 Å². The van der Waals surface area contributed by atoms with Crippen LogP contribution in [0.3, 0.4) is 0 Å². The highest BCUT2D eigenvalue weighted by atomic mass is 16.1. The molecule has 0 aliphatic carbocycles. The molecule has 2 aromatic rings. The quantitative estimate of drug-likeness (QED) is 0.842. The minimum Gasteiger partial charge on any atom is -0.341 e. The molecular formula is C16H19N5O2. The lowest BCUT2D eigenvalue weighted by Crippen LogP contribution is -2.41. The first kappa shape index (κ1) is 15.3. The van der Waals surface area contributed by atoms with Gasteiger partial charge in [-0.25, -0.2) is 15.0 Å². The van der Waals surface area contributed by atoms with Gasteiger partial charge in [-0.15, -0.1) is 0 Å². The molecule has 1 fully saturated rings. The van der Waals surface area contributed by atoms with E-state index in [0.717, 1.165) is 19.4 Å². The van der Waals surface area contributed by atoms with Crippen molar-refractivity contribution in [3.05, 3.63) is 35.0 Å². The van der Waals surface area contributed by atoms with E-state index in [1.807, 2.05) is 4.90 Å². The molecule has 0 amide bonds. The highest BCUT2D eigenvalue weighted by molar-refractivity contribution is 5.79. The Hall–Kier alpha value is -2.57. The molecule has 1 saturated heterocycles. The Morgan fingerprint density at radius 3 is 2.87 bits per heavy atom. The Labute approximate surface area is 134 Å². The van der Waals surface area contributed by atoms with Crippen LogP contribution in [0, 0.1) is 5.92 Å². The molecule has 0 bridgehead atoms. The molecule has 120 valence electrons. The van der Waals surface area contributed by atoms with Crippen LogP contribution in [0.2, 0.25) is 0 Å². The fourth-order valence-electron chi connectivity index (χ4n) is 2.87. The molecule has 1 aliphatic rings. The van der Waals surface area contributed by atoms with Crippen molar-refractivity contribution >= 4 is 11.7 Å². The zero-order valence-electron chi connectivity index (χ0n) is 13.3. The molecular weight excluding hydrogens is 294 g/mol. The maximum atomic E-state index is 12.3. The van der Waals surface area contributed by atoms with Gasteiger partial charge in [0.2, 0.25) is 5.95 Å². The molecule has 0 N–H and O–H groups in total. The molecule has 23 heavy (non-hydrogen) atoms. The molecule has 1 unspecified atom stereocenters. The number of carbonyl (C=O) groups is 1. The minimum atomic E-state index is -0.145. The van der Waals surface area contributed by atoms with Crippen LogP contribution < -0.4 is 10.5 Å². The van der Waals surface area contributed by atoms with Gasteiger partial charge in [-0.3, -0.25) is 14.2 Å². The van der Waals surface area contributed by atoms with Crippen molar-refractivity contribution < 1.29 is 4.79 Å². The summed E-state index contributed by atoms with van der Waals surface area (Å²) in [6.07, 6.45) is 4.86. The van der Waals surface area contributed by atoms with Crippen molar-refractivity contribution in [2.45, 2.75) is 19.8 Å². The predicted molar refractivity (Wildman–Crippen MR) is 86.1 cm³/mol. The molecule has 0 radical (unpaired) electrons. The van der Waals surface area contributed by atoms with E-state index >= 15 is 0 Å². The fourth-order valence-corrected chi connectivity index (χ4v) is 2.87. The maximum absolute atomic E-state index is 12.3. The van der Waals surface area contributed by atoms with E-state index < -0.39 is 0 Å². The SMILES string of the molecule is CC(=O)C1CCCN(c2nc(-c3ccncn3)cc(=O)n2C)C1. The number of anilines is 1. The summed E-state index contributed by atoms with van der Waals surface area (Å²) in [7, 11) is 1.70. The van der Waals surface area contributed by atoms with E-state index in [2.05, 4.69) is 15.0 Å². The van der Waals surface area contributed by atoms with Crippen LogP contribution in [0.25, 0.3) is 11.4 Å². The van der Waals surface area contributed by atoms with Gasteiger partial charge in [0.1, 0.15) is 12.1 Å². The summed E-state index contributed by atoms with van der Waals surface area (Å²) in [5.41, 5.74) is 0.989. The summed E-state index contributed by atoms with van der Waals surface area (Å²) in [5.74, 6) is 0.770. The van der Waals surface area contributed by atoms with Crippen molar-refractivity contribution in [1.82, 2.24) is 19.5 Å². The molecule has 2 aromatic heterocycles. The van der Waals surface area contributed by atoms with E-state index in [1.54, 1.807) is 26.2 Å². The second kappa shape index (κ2) is 6.28. The Morgan fingerprint density at radius 1 is 1.35 bits per heavy atom. The van der Waals surface area contributed by atoms with Crippen LogP contribution in [0.5, 0.6) is 0 Å². The van der Waals surface area contributed by atoms with Crippen LogP contribution in [-0.4, -0.2) is 38.4 Å². The number of hydrogen-bond acceptors (Lipinski definition) is 6. The number of aromatic nitrogens is 4. The summed E-state index contributed by atoms with van der Waals surface area (Å²) in [6.45, 7) is 3.01. The Balaban J connectivity index is 2.00. The first-order valence-corrected chi connectivity index (χ1v) is 7.66. The number of ketones is 1. The summed E-state index contributed by atoms with van der Waals surface area (Å²) >= 11 is 0. The molecule has 7 nitrogen and oxygen atoms in total. The van der Waals surface area contributed by atoms with Crippen molar-refractivity contribution in [3.8, 4) is 11.4 Å². The molecule has 0 saturated carbocycles. The molecule has 3 rings (SSSR count). The van der Waals surface area contributed by atoms with Gasteiger partial charge < -0.3 is 4.90 Å². The van der Waals surface area contributed by atoms with Crippen LogP contribution in [-0.2, 0) is 11.8 Å². The summed E-state index contributed by atoms with van der Waals surface area (Å²) in [6, 6.07) is 3.19. The molecule has 1 atom stereocenters. The third-order valence-electron chi connectivity index (χ3n) is 4.23. The van der Waals surface area contributed by atoms with Crippen molar-refractivity contribution in [3.63, 3.8) is 0 Å². The highest BCUT2D eigenvalue weighted by Gasteiger charge is 2.25. The smallest absolute Gasteiger partial charge is 0.255 e. The maximum Gasteiger partial charge on any atom is 0.255 e. The molecule has 0 spiro atoms. The second-order valence-electron chi connectivity index (χ2n) is 5.83. The third kappa shape index (κ3) is 3.13. The zero-order chi connectivity index (χ0) is 16.4. The first-order chi connectivity index (χ1) is 11.1. The molecule has 0 aromatic carbocycles. The zero-order valence-corrected chi connectivity index (χ0v) is 13.3. The van der Waals surface area contributed by atoms with Gasteiger partial charge in [-0.2, -0.15) is 0 Å². The Kier molecular flexibility index (Phi) is 4.18. The van der Waals surface area contributed by atoms with E-state index in [9.17, 15) is 9.59 Å². The van der Waals surface area contributed by atoms with Gasteiger partial charge in [0, 0.05) is 38.3 Å². The molecule has 7 heteroatoms.